The zero-order valence-corrected chi connectivity index (χ0v) is 10.6. The lowest BCUT2D eigenvalue weighted by Gasteiger charge is -2.15. The molecule has 0 radical (unpaired) electrons. The molecule has 2 unspecified atom stereocenters. The van der Waals surface area contributed by atoms with Crippen LogP contribution in [-0.2, 0) is 11.2 Å². The SMILES string of the molecule is O=C(CCc1ccccc1)NC1CCCC1Cl. The van der Waals surface area contributed by atoms with Gasteiger partial charge in [0, 0.05) is 12.5 Å². The van der Waals surface area contributed by atoms with Gasteiger partial charge in [0.15, 0.2) is 0 Å². The van der Waals surface area contributed by atoms with Crippen molar-refractivity contribution in [3.63, 3.8) is 0 Å². The highest BCUT2D eigenvalue weighted by atomic mass is 35.5. The molecule has 1 amide bonds. The second-order valence-corrected chi connectivity index (χ2v) is 5.17. The molecule has 1 fully saturated rings. The number of aryl methyl sites for hydroxylation is 1. The van der Waals surface area contributed by atoms with Gasteiger partial charge in [-0.25, -0.2) is 0 Å². The van der Waals surface area contributed by atoms with Crippen LogP contribution in [0.3, 0.4) is 0 Å². The van der Waals surface area contributed by atoms with Crippen LogP contribution in [0, 0.1) is 0 Å². The molecule has 1 aromatic rings. The highest BCUT2D eigenvalue weighted by molar-refractivity contribution is 6.21. The Hall–Kier alpha value is -1.02. The van der Waals surface area contributed by atoms with E-state index in [2.05, 4.69) is 5.32 Å². The minimum Gasteiger partial charge on any atom is -0.352 e. The normalized spacial score (nSPS) is 23.6. The first-order chi connectivity index (χ1) is 8.25. The number of nitrogens with one attached hydrogen (secondary N) is 1. The standard InChI is InChI=1S/C14H18ClNO/c15-12-7-4-8-13(12)16-14(17)10-9-11-5-2-1-3-6-11/h1-3,5-6,12-13H,4,7-10H2,(H,16,17). The van der Waals surface area contributed by atoms with Crippen molar-refractivity contribution < 1.29 is 4.79 Å². The third-order valence-electron chi connectivity index (χ3n) is 3.26. The van der Waals surface area contributed by atoms with E-state index in [9.17, 15) is 4.79 Å². The Morgan fingerprint density at radius 1 is 1.29 bits per heavy atom. The molecule has 0 bridgehead atoms. The van der Waals surface area contributed by atoms with Crippen LogP contribution in [0.2, 0.25) is 0 Å². The first-order valence-electron chi connectivity index (χ1n) is 6.23. The van der Waals surface area contributed by atoms with Gasteiger partial charge in [0.25, 0.3) is 0 Å². The highest BCUT2D eigenvalue weighted by Crippen LogP contribution is 2.23. The lowest BCUT2D eigenvalue weighted by molar-refractivity contribution is -0.121. The van der Waals surface area contributed by atoms with Crippen molar-refractivity contribution >= 4 is 17.5 Å². The van der Waals surface area contributed by atoms with Gasteiger partial charge < -0.3 is 5.32 Å². The summed E-state index contributed by atoms with van der Waals surface area (Å²) < 4.78 is 0. The zero-order chi connectivity index (χ0) is 12.1. The van der Waals surface area contributed by atoms with Crippen LogP contribution in [0.5, 0.6) is 0 Å². The molecule has 92 valence electrons. The largest absolute Gasteiger partial charge is 0.352 e. The first-order valence-corrected chi connectivity index (χ1v) is 6.67. The fourth-order valence-electron chi connectivity index (χ4n) is 2.26. The molecular weight excluding hydrogens is 234 g/mol. The molecule has 0 heterocycles. The Morgan fingerprint density at radius 2 is 2.06 bits per heavy atom. The number of carbonyl (C=O) groups excluding carboxylic acids is 1. The Balaban J connectivity index is 1.74. The number of halogens is 1. The molecule has 1 aliphatic rings. The van der Waals surface area contributed by atoms with E-state index in [0.717, 1.165) is 25.7 Å². The van der Waals surface area contributed by atoms with E-state index in [4.69, 9.17) is 11.6 Å². The minimum absolute atomic E-state index is 0.117. The molecule has 1 aromatic carbocycles. The summed E-state index contributed by atoms with van der Waals surface area (Å²) in [5.41, 5.74) is 1.21. The number of hydrogen-bond acceptors (Lipinski definition) is 1. The van der Waals surface area contributed by atoms with E-state index >= 15 is 0 Å². The Kier molecular flexibility index (Phi) is 4.43. The van der Waals surface area contributed by atoms with Gasteiger partial charge in [-0.15, -0.1) is 11.6 Å². The summed E-state index contributed by atoms with van der Waals surface area (Å²) in [5.74, 6) is 0.117. The Morgan fingerprint density at radius 3 is 2.71 bits per heavy atom. The maximum Gasteiger partial charge on any atom is 0.220 e. The maximum atomic E-state index is 11.7. The van der Waals surface area contributed by atoms with Gasteiger partial charge in [0.05, 0.1) is 5.38 Å². The topological polar surface area (TPSA) is 29.1 Å². The number of amides is 1. The summed E-state index contributed by atoms with van der Waals surface area (Å²) in [6.07, 6.45) is 4.50. The van der Waals surface area contributed by atoms with Crippen LogP contribution in [0.15, 0.2) is 30.3 Å². The van der Waals surface area contributed by atoms with Crippen molar-refractivity contribution in [2.24, 2.45) is 0 Å². The van der Waals surface area contributed by atoms with Crippen molar-refractivity contribution in [1.82, 2.24) is 5.32 Å². The van der Waals surface area contributed by atoms with Gasteiger partial charge >= 0.3 is 0 Å². The monoisotopic (exact) mass is 251 g/mol. The zero-order valence-electron chi connectivity index (χ0n) is 9.86. The van der Waals surface area contributed by atoms with Gasteiger partial charge in [0.2, 0.25) is 5.91 Å². The van der Waals surface area contributed by atoms with Gasteiger partial charge in [-0.3, -0.25) is 4.79 Å². The van der Waals surface area contributed by atoms with Crippen LogP contribution in [0.25, 0.3) is 0 Å². The molecule has 0 spiro atoms. The molecule has 17 heavy (non-hydrogen) atoms. The lowest BCUT2D eigenvalue weighted by atomic mass is 10.1. The third kappa shape index (κ3) is 3.74. The second-order valence-electron chi connectivity index (χ2n) is 4.61. The average Bonchev–Trinajstić information content (AvgIpc) is 2.74. The van der Waals surface area contributed by atoms with Crippen molar-refractivity contribution in [2.45, 2.75) is 43.5 Å². The van der Waals surface area contributed by atoms with Crippen LogP contribution in [-0.4, -0.2) is 17.3 Å². The maximum absolute atomic E-state index is 11.7. The van der Waals surface area contributed by atoms with E-state index in [1.165, 1.54) is 5.56 Å². The highest BCUT2D eigenvalue weighted by Gasteiger charge is 2.26. The van der Waals surface area contributed by atoms with Crippen molar-refractivity contribution in [1.29, 1.82) is 0 Å². The molecular formula is C14H18ClNO. The van der Waals surface area contributed by atoms with Crippen LogP contribution in [0.4, 0.5) is 0 Å². The van der Waals surface area contributed by atoms with Crippen LogP contribution >= 0.6 is 11.6 Å². The lowest BCUT2D eigenvalue weighted by Crippen LogP contribution is -2.37. The fraction of sp³-hybridized carbons (Fsp3) is 0.500. The van der Waals surface area contributed by atoms with Gasteiger partial charge in [0.1, 0.15) is 0 Å². The minimum atomic E-state index is 0.117. The number of benzene rings is 1. The molecule has 0 aliphatic heterocycles. The quantitative estimate of drug-likeness (QED) is 0.820. The first kappa shape index (κ1) is 12.4. The Labute approximate surface area is 107 Å². The molecule has 0 aromatic heterocycles. The summed E-state index contributed by atoms with van der Waals surface area (Å²) in [6, 6.07) is 10.3. The van der Waals surface area contributed by atoms with E-state index < -0.39 is 0 Å². The summed E-state index contributed by atoms with van der Waals surface area (Å²) in [4.78, 5) is 11.7. The smallest absolute Gasteiger partial charge is 0.220 e. The number of carbonyl (C=O) groups is 1. The molecule has 1 N–H and O–H groups in total. The second kappa shape index (κ2) is 6.06. The van der Waals surface area contributed by atoms with E-state index in [-0.39, 0.29) is 17.3 Å². The van der Waals surface area contributed by atoms with E-state index in [1.807, 2.05) is 30.3 Å². The van der Waals surface area contributed by atoms with E-state index in [0.29, 0.717) is 6.42 Å². The summed E-state index contributed by atoms with van der Waals surface area (Å²) in [5, 5.41) is 3.15. The summed E-state index contributed by atoms with van der Waals surface area (Å²) in [7, 11) is 0. The van der Waals surface area contributed by atoms with Crippen LogP contribution in [0.1, 0.15) is 31.2 Å². The molecule has 2 rings (SSSR count). The average molecular weight is 252 g/mol. The fourth-order valence-corrected chi connectivity index (χ4v) is 2.60. The van der Waals surface area contributed by atoms with Gasteiger partial charge in [-0.1, -0.05) is 30.3 Å². The number of alkyl halides is 1. The molecule has 3 heteroatoms. The summed E-state index contributed by atoms with van der Waals surface area (Å²) >= 11 is 6.12. The molecule has 1 aliphatic carbocycles. The molecule has 1 saturated carbocycles. The van der Waals surface area contributed by atoms with Gasteiger partial charge in [-0.2, -0.15) is 0 Å². The Bertz CT molecular complexity index is 366. The van der Waals surface area contributed by atoms with E-state index in [1.54, 1.807) is 0 Å². The molecule has 2 nitrogen and oxygen atoms in total. The van der Waals surface area contributed by atoms with Crippen molar-refractivity contribution in [2.75, 3.05) is 0 Å². The van der Waals surface area contributed by atoms with Crippen molar-refractivity contribution in [3.8, 4) is 0 Å². The molecule has 0 saturated heterocycles. The number of hydrogen-bond donors (Lipinski definition) is 1. The predicted molar refractivity (Wildman–Crippen MR) is 70.2 cm³/mol. The van der Waals surface area contributed by atoms with Gasteiger partial charge in [-0.05, 0) is 31.2 Å². The summed E-state index contributed by atoms with van der Waals surface area (Å²) in [6.45, 7) is 0. The predicted octanol–water partition coefficient (Wildman–Crippen LogP) is 2.90. The van der Waals surface area contributed by atoms with Crippen molar-refractivity contribution in [3.05, 3.63) is 35.9 Å². The molecule has 2 atom stereocenters. The third-order valence-corrected chi connectivity index (χ3v) is 3.78. The van der Waals surface area contributed by atoms with Crippen LogP contribution < -0.4 is 5.32 Å². The number of rotatable bonds is 4.